The monoisotopic (exact) mass is 340 g/mol. The summed E-state index contributed by atoms with van der Waals surface area (Å²) in [5.74, 6) is 1.18. The number of benzene rings is 2. The summed E-state index contributed by atoms with van der Waals surface area (Å²) in [5, 5.41) is 4.20. The Balaban J connectivity index is 2.10. The van der Waals surface area contributed by atoms with Crippen LogP contribution in [0.15, 0.2) is 47.6 Å². The van der Waals surface area contributed by atoms with Gasteiger partial charge in [0.2, 0.25) is 0 Å². The van der Waals surface area contributed by atoms with Gasteiger partial charge in [-0.15, -0.1) is 0 Å². The molecule has 0 saturated heterocycles. The van der Waals surface area contributed by atoms with Gasteiger partial charge in [0.1, 0.15) is 11.5 Å². The van der Waals surface area contributed by atoms with Crippen molar-refractivity contribution in [3.8, 4) is 11.5 Å². The average Bonchev–Trinajstić information content (AvgIpc) is 2.59. The first kappa shape index (κ1) is 18.5. The van der Waals surface area contributed by atoms with Crippen LogP contribution in [-0.2, 0) is 0 Å². The predicted molar refractivity (Wildman–Crippen MR) is 99.6 cm³/mol. The number of carbonyl (C=O) groups is 1. The third-order valence-corrected chi connectivity index (χ3v) is 3.56. The lowest BCUT2D eigenvalue weighted by atomic mass is 10.1. The van der Waals surface area contributed by atoms with Gasteiger partial charge in [-0.1, -0.05) is 11.6 Å². The standard InChI is InChI=1S/C20H24N2O3/c1-13(2)25-17-9-7-16(8-10-17)20(23)22-21-15(4)18-12-14(3)6-11-19(18)24-5/h6-13H,1-5H3,(H,22,23)/b21-15-. The van der Waals surface area contributed by atoms with Crippen LogP contribution in [0.2, 0.25) is 0 Å². The molecule has 5 nitrogen and oxygen atoms in total. The first-order chi connectivity index (χ1) is 11.9. The SMILES string of the molecule is COc1ccc(C)cc1/C(C)=N\NC(=O)c1ccc(OC(C)C)cc1. The Hall–Kier alpha value is -2.82. The van der Waals surface area contributed by atoms with Gasteiger partial charge in [0, 0.05) is 11.1 Å². The van der Waals surface area contributed by atoms with Crippen LogP contribution in [0.1, 0.15) is 42.3 Å². The molecule has 0 aliphatic rings. The zero-order valence-corrected chi connectivity index (χ0v) is 15.3. The predicted octanol–water partition coefficient (Wildman–Crippen LogP) is 3.94. The molecule has 2 rings (SSSR count). The van der Waals surface area contributed by atoms with Crippen molar-refractivity contribution in [2.75, 3.05) is 7.11 Å². The van der Waals surface area contributed by atoms with E-state index in [-0.39, 0.29) is 12.0 Å². The molecule has 0 heterocycles. The molecule has 0 atom stereocenters. The third-order valence-electron chi connectivity index (χ3n) is 3.56. The lowest BCUT2D eigenvalue weighted by Gasteiger charge is -2.10. The van der Waals surface area contributed by atoms with E-state index in [2.05, 4.69) is 10.5 Å². The summed E-state index contributed by atoms with van der Waals surface area (Å²) in [6, 6.07) is 12.8. The highest BCUT2D eigenvalue weighted by Gasteiger charge is 2.09. The summed E-state index contributed by atoms with van der Waals surface area (Å²) in [4.78, 5) is 12.2. The molecule has 0 radical (unpaired) electrons. The van der Waals surface area contributed by atoms with Gasteiger partial charge in [0.05, 0.1) is 18.9 Å². The van der Waals surface area contributed by atoms with Crippen molar-refractivity contribution in [2.45, 2.75) is 33.8 Å². The molecule has 5 heteroatoms. The fraction of sp³-hybridized carbons (Fsp3) is 0.300. The summed E-state index contributed by atoms with van der Waals surface area (Å²) in [5.41, 5.74) is 5.72. The maximum Gasteiger partial charge on any atom is 0.271 e. The number of nitrogens with zero attached hydrogens (tertiary/aromatic N) is 1. The van der Waals surface area contributed by atoms with E-state index >= 15 is 0 Å². The summed E-state index contributed by atoms with van der Waals surface area (Å²) < 4.78 is 10.9. The number of nitrogens with one attached hydrogen (secondary N) is 1. The van der Waals surface area contributed by atoms with E-state index in [4.69, 9.17) is 9.47 Å². The van der Waals surface area contributed by atoms with Crippen LogP contribution >= 0.6 is 0 Å². The van der Waals surface area contributed by atoms with Crippen LogP contribution in [0.5, 0.6) is 11.5 Å². The number of methoxy groups -OCH3 is 1. The second kappa shape index (κ2) is 8.33. The van der Waals surface area contributed by atoms with Crippen molar-refractivity contribution in [1.82, 2.24) is 5.43 Å². The molecule has 2 aromatic carbocycles. The Morgan fingerprint density at radius 3 is 2.40 bits per heavy atom. The van der Waals surface area contributed by atoms with Crippen molar-refractivity contribution >= 4 is 11.6 Å². The molecule has 0 unspecified atom stereocenters. The normalized spacial score (nSPS) is 11.4. The lowest BCUT2D eigenvalue weighted by molar-refractivity contribution is 0.0955. The second-order valence-electron chi connectivity index (χ2n) is 6.03. The molecule has 0 aliphatic carbocycles. The Bertz CT molecular complexity index is 765. The van der Waals surface area contributed by atoms with Gasteiger partial charge >= 0.3 is 0 Å². The van der Waals surface area contributed by atoms with Crippen LogP contribution in [0.4, 0.5) is 0 Å². The molecular formula is C20H24N2O3. The second-order valence-corrected chi connectivity index (χ2v) is 6.03. The lowest BCUT2D eigenvalue weighted by Crippen LogP contribution is -2.19. The summed E-state index contributed by atoms with van der Waals surface area (Å²) in [7, 11) is 1.61. The molecule has 0 saturated carbocycles. The van der Waals surface area contributed by atoms with Gasteiger partial charge in [-0.2, -0.15) is 5.10 Å². The Labute approximate surface area is 148 Å². The first-order valence-corrected chi connectivity index (χ1v) is 8.17. The fourth-order valence-corrected chi connectivity index (χ4v) is 2.32. The van der Waals surface area contributed by atoms with Crippen LogP contribution in [0, 0.1) is 6.92 Å². The number of rotatable bonds is 6. The minimum absolute atomic E-state index is 0.0937. The van der Waals surface area contributed by atoms with Gasteiger partial charge in [-0.3, -0.25) is 4.79 Å². The van der Waals surface area contributed by atoms with E-state index in [1.54, 1.807) is 31.4 Å². The molecule has 1 N–H and O–H groups in total. The number of hydrazone groups is 1. The van der Waals surface area contributed by atoms with Crippen LogP contribution in [0.3, 0.4) is 0 Å². The quantitative estimate of drug-likeness (QED) is 0.640. The van der Waals surface area contributed by atoms with E-state index in [9.17, 15) is 4.79 Å². The summed E-state index contributed by atoms with van der Waals surface area (Å²) in [6.45, 7) is 7.74. The minimum Gasteiger partial charge on any atom is -0.496 e. The Kier molecular flexibility index (Phi) is 6.17. The third kappa shape index (κ3) is 5.08. The van der Waals surface area contributed by atoms with Crippen LogP contribution in [-0.4, -0.2) is 24.8 Å². The van der Waals surface area contributed by atoms with Crippen LogP contribution < -0.4 is 14.9 Å². The fourth-order valence-electron chi connectivity index (χ4n) is 2.32. The molecule has 0 fully saturated rings. The summed E-state index contributed by atoms with van der Waals surface area (Å²) in [6.07, 6.45) is 0.0937. The van der Waals surface area contributed by atoms with E-state index < -0.39 is 0 Å². The van der Waals surface area contributed by atoms with Gasteiger partial charge in [-0.25, -0.2) is 5.43 Å². The van der Waals surface area contributed by atoms with Crippen LogP contribution in [0.25, 0.3) is 0 Å². The highest BCUT2D eigenvalue weighted by Crippen LogP contribution is 2.20. The number of carbonyl (C=O) groups excluding carboxylic acids is 1. The molecule has 0 aromatic heterocycles. The van der Waals surface area contributed by atoms with E-state index in [1.165, 1.54) is 0 Å². The van der Waals surface area contributed by atoms with Crippen molar-refractivity contribution < 1.29 is 14.3 Å². The number of aryl methyl sites for hydroxylation is 1. The average molecular weight is 340 g/mol. The molecule has 2 aromatic rings. The van der Waals surface area contributed by atoms with Crippen molar-refractivity contribution in [2.24, 2.45) is 5.10 Å². The largest absolute Gasteiger partial charge is 0.496 e. The van der Waals surface area contributed by atoms with Gasteiger partial charge in [0.25, 0.3) is 5.91 Å². The minimum atomic E-state index is -0.276. The van der Waals surface area contributed by atoms with Gasteiger partial charge in [-0.05, 0) is 64.1 Å². The van der Waals surface area contributed by atoms with Crippen molar-refractivity contribution in [1.29, 1.82) is 0 Å². The Morgan fingerprint density at radius 2 is 1.80 bits per heavy atom. The molecule has 0 spiro atoms. The maximum absolute atomic E-state index is 12.2. The molecular weight excluding hydrogens is 316 g/mol. The Morgan fingerprint density at radius 1 is 1.12 bits per heavy atom. The zero-order chi connectivity index (χ0) is 18.4. The maximum atomic E-state index is 12.2. The molecule has 25 heavy (non-hydrogen) atoms. The zero-order valence-electron chi connectivity index (χ0n) is 15.3. The molecule has 132 valence electrons. The van der Waals surface area contributed by atoms with Crippen molar-refractivity contribution in [3.63, 3.8) is 0 Å². The number of hydrogen-bond acceptors (Lipinski definition) is 4. The smallest absolute Gasteiger partial charge is 0.271 e. The van der Waals surface area contributed by atoms with Gasteiger partial charge < -0.3 is 9.47 Å². The molecule has 0 aliphatic heterocycles. The van der Waals surface area contributed by atoms with E-state index in [0.29, 0.717) is 11.3 Å². The highest BCUT2D eigenvalue weighted by molar-refractivity contribution is 6.02. The van der Waals surface area contributed by atoms with Crippen molar-refractivity contribution in [3.05, 3.63) is 59.2 Å². The van der Waals surface area contributed by atoms with E-state index in [0.717, 1.165) is 22.6 Å². The molecule has 0 bridgehead atoms. The molecule has 1 amide bonds. The summed E-state index contributed by atoms with van der Waals surface area (Å²) >= 11 is 0. The number of hydrogen-bond donors (Lipinski definition) is 1. The number of amides is 1. The topological polar surface area (TPSA) is 59.9 Å². The van der Waals surface area contributed by atoms with E-state index in [1.807, 2.05) is 45.9 Å². The number of ether oxygens (including phenoxy) is 2. The first-order valence-electron chi connectivity index (χ1n) is 8.17. The highest BCUT2D eigenvalue weighted by atomic mass is 16.5. The van der Waals surface area contributed by atoms with Gasteiger partial charge in [0.15, 0.2) is 0 Å².